The standard InChI is InChI=1S/C19H26N8O3/c1-4-5-16-21-22-17(30-16)25-7-6-19(11-25)12-26-15(10-29-19)23-27(18(26)28)9-14-8-20-24(3)13(14)2/h8H,4-7,9-12H2,1-3H3. The van der Waals surface area contributed by atoms with Crippen molar-refractivity contribution in [1.29, 1.82) is 0 Å². The first-order valence-electron chi connectivity index (χ1n) is 10.3. The maximum absolute atomic E-state index is 13.0. The van der Waals surface area contributed by atoms with E-state index in [2.05, 4.69) is 27.3 Å². The van der Waals surface area contributed by atoms with Gasteiger partial charge in [-0.1, -0.05) is 12.0 Å². The van der Waals surface area contributed by atoms with Crippen LogP contribution in [0.4, 0.5) is 6.01 Å². The normalized spacial score (nSPS) is 21.0. The van der Waals surface area contributed by atoms with Crippen LogP contribution >= 0.6 is 0 Å². The van der Waals surface area contributed by atoms with Gasteiger partial charge in [-0.3, -0.25) is 9.25 Å². The molecule has 30 heavy (non-hydrogen) atoms. The van der Waals surface area contributed by atoms with Gasteiger partial charge in [-0.15, -0.1) is 5.10 Å². The van der Waals surface area contributed by atoms with Crippen LogP contribution < -0.4 is 10.6 Å². The van der Waals surface area contributed by atoms with Crippen molar-refractivity contribution in [1.82, 2.24) is 34.3 Å². The van der Waals surface area contributed by atoms with E-state index >= 15 is 0 Å². The van der Waals surface area contributed by atoms with Crippen LogP contribution in [-0.4, -0.2) is 53.0 Å². The highest BCUT2D eigenvalue weighted by Crippen LogP contribution is 2.33. The molecule has 5 heterocycles. The van der Waals surface area contributed by atoms with Crippen molar-refractivity contribution in [3.8, 4) is 0 Å². The molecule has 160 valence electrons. The molecule has 1 fully saturated rings. The van der Waals surface area contributed by atoms with Crippen LogP contribution in [0, 0.1) is 6.92 Å². The van der Waals surface area contributed by atoms with Crippen molar-refractivity contribution < 1.29 is 9.15 Å². The van der Waals surface area contributed by atoms with Crippen molar-refractivity contribution >= 4 is 6.01 Å². The van der Waals surface area contributed by atoms with Gasteiger partial charge in [-0.25, -0.2) is 9.48 Å². The molecule has 2 aliphatic heterocycles. The summed E-state index contributed by atoms with van der Waals surface area (Å²) in [5.74, 6) is 1.32. The number of ether oxygens (including phenoxy) is 1. The lowest BCUT2D eigenvalue weighted by Gasteiger charge is -2.33. The predicted molar refractivity (Wildman–Crippen MR) is 106 cm³/mol. The van der Waals surface area contributed by atoms with Gasteiger partial charge in [-0.2, -0.15) is 10.2 Å². The van der Waals surface area contributed by atoms with Crippen LogP contribution in [-0.2, 0) is 37.9 Å². The second-order valence-corrected chi connectivity index (χ2v) is 8.19. The lowest BCUT2D eigenvalue weighted by atomic mass is 10.0. The number of anilines is 1. The molecule has 1 atom stereocenters. The van der Waals surface area contributed by atoms with E-state index in [1.165, 1.54) is 4.68 Å². The Kier molecular flexibility index (Phi) is 4.49. The van der Waals surface area contributed by atoms with Gasteiger partial charge in [0.05, 0.1) is 25.8 Å². The molecule has 1 spiro atoms. The Bertz CT molecular complexity index is 1130. The number of hydrogen-bond acceptors (Lipinski definition) is 8. The Labute approximate surface area is 173 Å². The van der Waals surface area contributed by atoms with Crippen molar-refractivity contribution in [2.45, 2.75) is 58.4 Å². The molecule has 0 amide bonds. The second kappa shape index (κ2) is 7.08. The van der Waals surface area contributed by atoms with Crippen LogP contribution in [0.15, 0.2) is 15.4 Å². The molecule has 11 heteroatoms. The molecule has 11 nitrogen and oxygen atoms in total. The van der Waals surface area contributed by atoms with E-state index in [1.54, 1.807) is 15.4 Å². The molecular weight excluding hydrogens is 388 g/mol. The fraction of sp³-hybridized carbons (Fsp3) is 0.632. The van der Waals surface area contributed by atoms with Crippen molar-refractivity contribution in [2.75, 3.05) is 18.0 Å². The highest BCUT2D eigenvalue weighted by atomic mass is 16.5. The van der Waals surface area contributed by atoms with Crippen molar-refractivity contribution in [2.24, 2.45) is 7.05 Å². The van der Waals surface area contributed by atoms with Gasteiger partial charge < -0.3 is 14.1 Å². The third-order valence-electron chi connectivity index (χ3n) is 6.12. The minimum Gasteiger partial charge on any atom is -0.408 e. The molecule has 0 aromatic carbocycles. The van der Waals surface area contributed by atoms with Crippen molar-refractivity contribution in [3.63, 3.8) is 0 Å². The third-order valence-corrected chi connectivity index (χ3v) is 6.12. The zero-order valence-corrected chi connectivity index (χ0v) is 17.5. The Morgan fingerprint density at radius 1 is 1.27 bits per heavy atom. The fourth-order valence-corrected chi connectivity index (χ4v) is 4.21. The second-order valence-electron chi connectivity index (χ2n) is 8.19. The summed E-state index contributed by atoms with van der Waals surface area (Å²) >= 11 is 0. The lowest BCUT2D eigenvalue weighted by Crippen LogP contribution is -2.46. The summed E-state index contributed by atoms with van der Waals surface area (Å²) in [4.78, 5) is 15.1. The van der Waals surface area contributed by atoms with Gasteiger partial charge >= 0.3 is 11.7 Å². The van der Waals surface area contributed by atoms with Crippen molar-refractivity contribution in [3.05, 3.63) is 39.7 Å². The molecule has 0 bridgehead atoms. The Morgan fingerprint density at radius 3 is 2.90 bits per heavy atom. The Hall–Kier alpha value is -2.95. The van der Waals surface area contributed by atoms with Gasteiger partial charge in [0.2, 0.25) is 5.89 Å². The van der Waals surface area contributed by atoms with Gasteiger partial charge in [0.15, 0.2) is 5.82 Å². The molecule has 1 unspecified atom stereocenters. The summed E-state index contributed by atoms with van der Waals surface area (Å²) in [6.45, 7) is 6.61. The van der Waals surface area contributed by atoms with E-state index in [1.807, 2.05) is 18.9 Å². The van der Waals surface area contributed by atoms with Crippen LogP contribution in [0.1, 0.15) is 42.7 Å². The summed E-state index contributed by atoms with van der Waals surface area (Å²) in [5, 5.41) is 17.0. The molecule has 3 aromatic heterocycles. The number of nitrogens with zero attached hydrogens (tertiary/aromatic N) is 8. The van der Waals surface area contributed by atoms with Gasteiger partial charge in [0.1, 0.15) is 12.2 Å². The van der Waals surface area contributed by atoms with E-state index in [-0.39, 0.29) is 5.69 Å². The number of aryl methyl sites for hydroxylation is 2. The molecule has 0 N–H and O–H groups in total. The third kappa shape index (κ3) is 3.13. The van der Waals surface area contributed by atoms with Gasteiger partial charge in [-0.05, 0) is 19.8 Å². The lowest BCUT2D eigenvalue weighted by molar-refractivity contribution is -0.0760. The highest BCUT2D eigenvalue weighted by Gasteiger charge is 2.45. The first-order chi connectivity index (χ1) is 14.5. The van der Waals surface area contributed by atoms with E-state index in [4.69, 9.17) is 9.15 Å². The number of aromatic nitrogens is 7. The molecule has 5 rings (SSSR count). The number of fused-ring (bicyclic) bond motifs is 1. The molecule has 0 radical (unpaired) electrons. The first-order valence-corrected chi connectivity index (χ1v) is 10.3. The molecule has 1 saturated heterocycles. The van der Waals surface area contributed by atoms with Crippen LogP contribution in [0.5, 0.6) is 0 Å². The van der Waals surface area contributed by atoms with E-state index in [9.17, 15) is 4.79 Å². The zero-order valence-electron chi connectivity index (χ0n) is 17.5. The molecular formula is C19H26N8O3. The summed E-state index contributed by atoms with van der Waals surface area (Å²) in [5.41, 5.74) is 1.44. The SMILES string of the molecule is CCCc1nnc(N2CCC3(C2)Cn2c(nn(Cc4cnn(C)c4C)c2=O)CO3)o1. The predicted octanol–water partition coefficient (Wildman–Crippen LogP) is 0.650. The maximum Gasteiger partial charge on any atom is 0.346 e. The molecule has 0 aliphatic carbocycles. The first kappa shape index (κ1) is 19.0. The Balaban J connectivity index is 1.34. The highest BCUT2D eigenvalue weighted by molar-refractivity contribution is 5.29. The smallest absolute Gasteiger partial charge is 0.346 e. The van der Waals surface area contributed by atoms with Crippen LogP contribution in [0.2, 0.25) is 0 Å². The molecule has 3 aromatic rings. The topological polar surface area (TPSA) is 109 Å². The monoisotopic (exact) mass is 414 g/mol. The number of rotatable bonds is 5. The van der Waals surface area contributed by atoms with Gasteiger partial charge in [0, 0.05) is 31.3 Å². The largest absolute Gasteiger partial charge is 0.408 e. The minimum atomic E-state index is -0.450. The summed E-state index contributed by atoms with van der Waals surface area (Å²) in [6.07, 6.45) is 4.31. The van der Waals surface area contributed by atoms with Crippen LogP contribution in [0.3, 0.4) is 0 Å². The molecule has 0 saturated carbocycles. The average molecular weight is 414 g/mol. The van der Waals surface area contributed by atoms with Crippen LogP contribution in [0.25, 0.3) is 0 Å². The average Bonchev–Trinajstić information content (AvgIpc) is 3.49. The maximum atomic E-state index is 13.0. The summed E-state index contributed by atoms with van der Waals surface area (Å²) < 4.78 is 17.0. The quantitative estimate of drug-likeness (QED) is 0.599. The molecule has 2 aliphatic rings. The summed E-state index contributed by atoms with van der Waals surface area (Å²) in [7, 11) is 1.89. The number of hydrogen-bond donors (Lipinski definition) is 0. The summed E-state index contributed by atoms with van der Waals surface area (Å²) in [6, 6.07) is 0.528. The van der Waals surface area contributed by atoms with Gasteiger partial charge in [0.25, 0.3) is 0 Å². The fourth-order valence-electron chi connectivity index (χ4n) is 4.21. The van der Waals surface area contributed by atoms with E-state index in [0.717, 1.165) is 37.1 Å². The Morgan fingerprint density at radius 2 is 2.13 bits per heavy atom. The van der Waals surface area contributed by atoms with E-state index < -0.39 is 5.60 Å². The minimum absolute atomic E-state index is 0.114. The zero-order chi connectivity index (χ0) is 20.9. The van der Waals surface area contributed by atoms with E-state index in [0.29, 0.717) is 44.0 Å².